The van der Waals surface area contributed by atoms with E-state index in [-0.39, 0.29) is 0 Å². The minimum atomic E-state index is 0.869. The van der Waals surface area contributed by atoms with Crippen molar-refractivity contribution in [1.82, 2.24) is 4.90 Å². The lowest BCUT2D eigenvalue weighted by Gasteiger charge is -2.35. The van der Waals surface area contributed by atoms with E-state index >= 15 is 0 Å². The first kappa shape index (κ1) is 9.05. The zero-order valence-electron chi connectivity index (χ0n) is 8.14. The molecule has 1 saturated carbocycles. The molecule has 0 aromatic carbocycles. The molecule has 11 heavy (non-hydrogen) atoms. The lowest BCUT2D eigenvalue weighted by molar-refractivity contribution is 0.152. The zero-order valence-corrected chi connectivity index (χ0v) is 8.14. The topological polar surface area (TPSA) is 3.24 Å². The van der Waals surface area contributed by atoms with E-state index < -0.39 is 0 Å². The summed E-state index contributed by atoms with van der Waals surface area (Å²) in [6.07, 6.45) is 7.15. The second-order valence-electron chi connectivity index (χ2n) is 3.98. The van der Waals surface area contributed by atoms with Crippen molar-refractivity contribution < 1.29 is 0 Å². The van der Waals surface area contributed by atoms with E-state index in [0.29, 0.717) is 0 Å². The predicted molar refractivity (Wildman–Crippen MR) is 49.7 cm³/mol. The third-order valence-electron chi connectivity index (χ3n) is 3.06. The van der Waals surface area contributed by atoms with E-state index in [4.69, 9.17) is 0 Å². The van der Waals surface area contributed by atoms with E-state index in [2.05, 4.69) is 25.9 Å². The second-order valence-corrected chi connectivity index (χ2v) is 3.98. The maximum absolute atomic E-state index is 2.41. The van der Waals surface area contributed by atoms with E-state index in [1.807, 2.05) is 0 Å². The molecule has 0 N–H and O–H groups in total. The van der Waals surface area contributed by atoms with Gasteiger partial charge in [-0.15, -0.1) is 0 Å². The fourth-order valence-corrected chi connectivity index (χ4v) is 2.34. The molecule has 1 aliphatic rings. The standard InChI is InChI=1S/C10H21N/c1-4-9-7-5-6-8-10(9)11(2)3/h9-10H,4-8H2,1-3H3/t9-,10+/m1/s1. The summed E-state index contributed by atoms with van der Waals surface area (Å²) in [5.74, 6) is 0.971. The van der Waals surface area contributed by atoms with Crippen molar-refractivity contribution in [1.29, 1.82) is 0 Å². The van der Waals surface area contributed by atoms with E-state index in [1.165, 1.54) is 32.1 Å². The van der Waals surface area contributed by atoms with E-state index in [0.717, 1.165) is 12.0 Å². The first-order chi connectivity index (χ1) is 5.25. The van der Waals surface area contributed by atoms with Gasteiger partial charge in [0.25, 0.3) is 0 Å². The normalized spacial score (nSPS) is 32.7. The third kappa shape index (κ3) is 2.19. The molecule has 0 aliphatic heterocycles. The van der Waals surface area contributed by atoms with Crippen LogP contribution in [-0.4, -0.2) is 25.0 Å². The average molecular weight is 155 g/mol. The Balaban J connectivity index is 2.44. The van der Waals surface area contributed by atoms with E-state index in [9.17, 15) is 0 Å². The highest BCUT2D eigenvalue weighted by atomic mass is 15.1. The Labute approximate surface area is 70.8 Å². The molecule has 1 aliphatic carbocycles. The van der Waals surface area contributed by atoms with Crippen LogP contribution in [0.3, 0.4) is 0 Å². The van der Waals surface area contributed by atoms with Crippen molar-refractivity contribution in [2.45, 2.75) is 45.1 Å². The SMILES string of the molecule is CC[C@@H]1CCCC[C@@H]1N(C)C. The first-order valence-corrected chi connectivity index (χ1v) is 4.92. The van der Waals surface area contributed by atoms with Crippen LogP contribution in [0.25, 0.3) is 0 Å². The second kappa shape index (κ2) is 4.10. The highest BCUT2D eigenvalue weighted by molar-refractivity contribution is 4.79. The Hall–Kier alpha value is -0.0400. The Morgan fingerprint density at radius 2 is 1.82 bits per heavy atom. The lowest BCUT2D eigenvalue weighted by Crippen LogP contribution is -2.37. The zero-order chi connectivity index (χ0) is 8.27. The number of rotatable bonds is 2. The van der Waals surface area contributed by atoms with Crippen molar-refractivity contribution >= 4 is 0 Å². The van der Waals surface area contributed by atoms with Crippen molar-refractivity contribution in [3.05, 3.63) is 0 Å². The molecule has 0 aromatic rings. The molecule has 1 heteroatoms. The summed E-state index contributed by atoms with van der Waals surface area (Å²) in [4.78, 5) is 2.41. The van der Waals surface area contributed by atoms with Gasteiger partial charge < -0.3 is 4.90 Å². The molecule has 0 unspecified atom stereocenters. The summed E-state index contributed by atoms with van der Waals surface area (Å²) in [6.45, 7) is 2.33. The fourth-order valence-electron chi connectivity index (χ4n) is 2.34. The van der Waals surface area contributed by atoms with Crippen molar-refractivity contribution in [3.63, 3.8) is 0 Å². The van der Waals surface area contributed by atoms with Crippen LogP contribution in [0.1, 0.15) is 39.0 Å². The van der Waals surface area contributed by atoms with Gasteiger partial charge in [0, 0.05) is 6.04 Å². The molecule has 1 nitrogen and oxygen atoms in total. The molecular formula is C10H21N. The third-order valence-corrected chi connectivity index (χ3v) is 3.06. The van der Waals surface area contributed by atoms with Gasteiger partial charge in [-0.2, -0.15) is 0 Å². The van der Waals surface area contributed by atoms with Crippen LogP contribution in [0.5, 0.6) is 0 Å². The summed E-state index contributed by atoms with van der Waals surface area (Å²) in [5.41, 5.74) is 0. The summed E-state index contributed by atoms with van der Waals surface area (Å²) in [7, 11) is 4.44. The Kier molecular flexibility index (Phi) is 3.38. The molecule has 1 rings (SSSR count). The van der Waals surface area contributed by atoms with Gasteiger partial charge in [0.1, 0.15) is 0 Å². The molecule has 0 radical (unpaired) electrons. The van der Waals surface area contributed by atoms with Crippen molar-refractivity contribution in [3.8, 4) is 0 Å². The number of hydrogen-bond donors (Lipinski definition) is 0. The number of nitrogens with zero attached hydrogens (tertiary/aromatic N) is 1. The van der Waals surface area contributed by atoms with E-state index in [1.54, 1.807) is 0 Å². The van der Waals surface area contributed by atoms with Crippen LogP contribution < -0.4 is 0 Å². The quantitative estimate of drug-likeness (QED) is 0.592. The van der Waals surface area contributed by atoms with Gasteiger partial charge >= 0.3 is 0 Å². The van der Waals surface area contributed by atoms with Crippen LogP contribution in [0, 0.1) is 5.92 Å². The van der Waals surface area contributed by atoms with Crippen LogP contribution >= 0.6 is 0 Å². The largest absolute Gasteiger partial charge is 0.306 e. The van der Waals surface area contributed by atoms with Crippen LogP contribution in [-0.2, 0) is 0 Å². The lowest BCUT2D eigenvalue weighted by atomic mass is 9.82. The molecule has 0 bridgehead atoms. The molecule has 0 saturated heterocycles. The van der Waals surface area contributed by atoms with Gasteiger partial charge in [0.2, 0.25) is 0 Å². The summed E-state index contributed by atoms with van der Waals surface area (Å²) in [5, 5.41) is 0. The maximum Gasteiger partial charge on any atom is 0.0117 e. The maximum atomic E-state index is 2.41. The van der Waals surface area contributed by atoms with Crippen molar-refractivity contribution in [2.24, 2.45) is 5.92 Å². The highest BCUT2D eigenvalue weighted by Gasteiger charge is 2.24. The molecule has 0 spiro atoms. The van der Waals surface area contributed by atoms with Gasteiger partial charge in [0.05, 0.1) is 0 Å². The van der Waals surface area contributed by atoms with Crippen LogP contribution in [0.4, 0.5) is 0 Å². The molecule has 0 heterocycles. The molecule has 2 atom stereocenters. The summed E-state index contributed by atoms with van der Waals surface area (Å²) >= 11 is 0. The minimum absolute atomic E-state index is 0.869. The van der Waals surface area contributed by atoms with Crippen LogP contribution in [0.15, 0.2) is 0 Å². The van der Waals surface area contributed by atoms with Gasteiger partial charge in [-0.1, -0.05) is 26.2 Å². The monoisotopic (exact) mass is 155 g/mol. The molecule has 1 fully saturated rings. The minimum Gasteiger partial charge on any atom is -0.306 e. The van der Waals surface area contributed by atoms with Gasteiger partial charge in [-0.05, 0) is 32.9 Å². The summed E-state index contributed by atoms with van der Waals surface area (Å²) in [6, 6.07) is 0.869. The molecular weight excluding hydrogens is 134 g/mol. The first-order valence-electron chi connectivity index (χ1n) is 4.92. The Morgan fingerprint density at radius 3 is 2.27 bits per heavy atom. The van der Waals surface area contributed by atoms with Gasteiger partial charge in [-0.3, -0.25) is 0 Å². The fraction of sp³-hybridized carbons (Fsp3) is 1.00. The van der Waals surface area contributed by atoms with Crippen LogP contribution in [0.2, 0.25) is 0 Å². The van der Waals surface area contributed by atoms with Gasteiger partial charge in [0.15, 0.2) is 0 Å². The average Bonchev–Trinajstić information content (AvgIpc) is 2.04. The Bertz CT molecular complexity index is 109. The molecule has 0 amide bonds. The highest BCUT2D eigenvalue weighted by Crippen LogP contribution is 2.29. The summed E-state index contributed by atoms with van der Waals surface area (Å²) < 4.78 is 0. The van der Waals surface area contributed by atoms with Crippen molar-refractivity contribution in [2.75, 3.05) is 14.1 Å². The van der Waals surface area contributed by atoms with Gasteiger partial charge in [-0.25, -0.2) is 0 Å². The Morgan fingerprint density at radius 1 is 1.18 bits per heavy atom. The smallest absolute Gasteiger partial charge is 0.0117 e. The number of hydrogen-bond acceptors (Lipinski definition) is 1. The molecule has 66 valence electrons. The molecule has 0 aromatic heterocycles. The predicted octanol–water partition coefficient (Wildman–Crippen LogP) is 2.52.